The Morgan fingerprint density at radius 1 is 1.13 bits per heavy atom. The Bertz CT molecular complexity index is 1020. The fourth-order valence-corrected chi connectivity index (χ4v) is 3.87. The first kappa shape index (κ1) is 22.6. The fraction of sp³-hybridized carbons (Fsp3) is 0.333. The molecule has 0 unspecified atom stereocenters. The third-order valence-electron chi connectivity index (χ3n) is 5.74. The van der Waals surface area contributed by atoms with Crippen LogP contribution in [0.25, 0.3) is 5.57 Å². The Hall–Kier alpha value is -3.06. The van der Waals surface area contributed by atoms with Crippen molar-refractivity contribution in [3.8, 4) is 0 Å². The van der Waals surface area contributed by atoms with Gasteiger partial charge in [0, 0.05) is 26.2 Å². The van der Waals surface area contributed by atoms with E-state index in [-0.39, 0.29) is 18.0 Å². The van der Waals surface area contributed by atoms with Crippen molar-refractivity contribution in [2.75, 3.05) is 20.6 Å². The van der Waals surface area contributed by atoms with E-state index in [0.29, 0.717) is 5.57 Å². The summed E-state index contributed by atoms with van der Waals surface area (Å²) >= 11 is 0. The summed E-state index contributed by atoms with van der Waals surface area (Å²) in [6.07, 6.45) is 1.75. The molecule has 0 bridgehead atoms. The minimum atomic E-state index is -1.14. The Morgan fingerprint density at radius 3 is 2.39 bits per heavy atom. The molecule has 0 aliphatic carbocycles. The molecule has 164 valence electrons. The topological polar surface area (TPSA) is 66.6 Å². The molecule has 31 heavy (non-hydrogen) atoms. The molecule has 0 saturated carbocycles. The first-order chi connectivity index (χ1) is 14.5. The largest absolute Gasteiger partial charge is 0.348 e. The van der Waals surface area contributed by atoms with Gasteiger partial charge >= 0.3 is 0 Å². The number of rotatable bonds is 5. The van der Waals surface area contributed by atoms with Gasteiger partial charge in [-0.2, -0.15) is 0 Å². The van der Waals surface area contributed by atoms with Crippen molar-refractivity contribution in [1.29, 1.82) is 0 Å². The minimum Gasteiger partial charge on any atom is -0.348 e. The second-order valence-corrected chi connectivity index (χ2v) is 8.54. The zero-order chi connectivity index (χ0) is 22.9. The van der Waals surface area contributed by atoms with E-state index in [1.807, 2.05) is 30.3 Å². The smallest absolute Gasteiger partial charge is 0.241 e. The second-order valence-electron chi connectivity index (χ2n) is 8.54. The van der Waals surface area contributed by atoms with Crippen molar-refractivity contribution in [3.05, 3.63) is 77.4 Å². The number of benzene rings is 2. The van der Waals surface area contributed by atoms with Crippen LogP contribution in [-0.2, 0) is 9.59 Å². The van der Waals surface area contributed by atoms with Crippen molar-refractivity contribution in [3.63, 3.8) is 0 Å². The van der Waals surface area contributed by atoms with Crippen LogP contribution >= 0.6 is 0 Å². The molecule has 0 fully saturated rings. The first-order valence-electron chi connectivity index (χ1n) is 10.0. The lowest BCUT2D eigenvalue weighted by atomic mass is 9.82. The molecular formula is C24H27F2N3O2. The predicted octanol–water partition coefficient (Wildman–Crippen LogP) is 3.37. The van der Waals surface area contributed by atoms with E-state index in [9.17, 15) is 18.4 Å². The Balaban J connectivity index is 2.00. The van der Waals surface area contributed by atoms with Crippen LogP contribution in [0, 0.1) is 17.0 Å². The highest BCUT2D eigenvalue weighted by Crippen LogP contribution is 2.37. The highest BCUT2D eigenvalue weighted by Gasteiger charge is 2.44. The molecule has 3 rings (SSSR count). The summed E-state index contributed by atoms with van der Waals surface area (Å²) in [5.41, 5.74) is 6.56. The number of nitrogens with two attached hydrogens (primary N) is 1. The van der Waals surface area contributed by atoms with E-state index < -0.39 is 35.0 Å². The van der Waals surface area contributed by atoms with Gasteiger partial charge in [0.25, 0.3) is 0 Å². The third kappa shape index (κ3) is 4.37. The van der Waals surface area contributed by atoms with Gasteiger partial charge in [0.2, 0.25) is 11.8 Å². The van der Waals surface area contributed by atoms with Crippen molar-refractivity contribution < 1.29 is 18.4 Å². The molecule has 2 atom stereocenters. The van der Waals surface area contributed by atoms with Crippen LogP contribution in [0.4, 0.5) is 8.78 Å². The van der Waals surface area contributed by atoms with Gasteiger partial charge < -0.3 is 15.5 Å². The maximum absolute atomic E-state index is 14.4. The summed E-state index contributed by atoms with van der Waals surface area (Å²) in [5, 5.41) is 0. The molecular weight excluding hydrogens is 400 g/mol. The molecule has 2 aromatic carbocycles. The molecule has 2 aromatic rings. The number of hydrogen-bond donors (Lipinski definition) is 1. The third-order valence-corrected chi connectivity index (χ3v) is 5.74. The van der Waals surface area contributed by atoms with E-state index in [0.717, 1.165) is 23.8 Å². The maximum atomic E-state index is 14.4. The number of amides is 2. The Kier molecular flexibility index (Phi) is 6.27. The normalized spacial score (nSPS) is 17.3. The van der Waals surface area contributed by atoms with E-state index >= 15 is 0 Å². The van der Waals surface area contributed by atoms with Crippen LogP contribution in [0.3, 0.4) is 0 Å². The molecule has 0 saturated heterocycles. The molecule has 1 aliphatic heterocycles. The number of halogens is 2. The average molecular weight is 427 g/mol. The van der Waals surface area contributed by atoms with Gasteiger partial charge in [-0.1, -0.05) is 36.4 Å². The molecule has 1 aliphatic rings. The lowest BCUT2D eigenvalue weighted by molar-refractivity contribution is -0.146. The molecule has 2 amide bonds. The van der Waals surface area contributed by atoms with Crippen LogP contribution in [0.1, 0.15) is 31.0 Å². The molecule has 2 N–H and O–H groups in total. The van der Waals surface area contributed by atoms with Gasteiger partial charge in [-0.3, -0.25) is 9.59 Å². The lowest BCUT2D eigenvalue weighted by Crippen LogP contribution is -2.56. The summed E-state index contributed by atoms with van der Waals surface area (Å²) in [4.78, 5) is 29.0. The van der Waals surface area contributed by atoms with Crippen molar-refractivity contribution in [1.82, 2.24) is 9.80 Å². The number of carbonyl (C=O) groups is 2. The van der Waals surface area contributed by atoms with Gasteiger partial charge in [0.15, 0.2) is 0 Å². The van der Waals surface area contributed by atoms with Gasteiger partial charge in [-0.15, -0.1) is 0 Å². The Morgan fingerprint density at radius 2 is 1.77 bits per heavy atom. The predicted molar refractivity (Wildman–Crippen MR) is 116 cm³/mol. The van der Waals surface area contributed by atoms with E-state index in [1.165, 1.54) is 9.80 Å². The molecule has 0 radical (unpaired) electrons. The minimum absolute atomic E-state index is 0.0543. The van der Waals surface area contributed by atoms with Crippen molar-refractivity contribution >= 4 is 17.4 Å². The van der Waals surface area contributed by atoms with E-state index in [2.05, 4.69) is 0 Å². The number of hydrogen-bond acceptors (Lipinski definition) is 3. The van der Waals surface area contributed by atoms with Crippen LogP contribution < -0.4 is 5.73 Å². The average Bonchev–Trinajstić information content (AvgIpc) is 3.19. The number of carbonyl (C=O) groups excluding carboxylic acids is 2. The standard InChI is InChI=1S/C24H27F2N3O2/c1-24(2,23(31)28(3)4)21(27)22(30)29-14-16(18-13-17(25)10-11-19(18)26)12-20(29)15-8-6-5-7-9-15/h5-13,20-21H,14,27H2,1-4H3/t20-,21-/m0/s1. The highest BCUT2D eigenvalue weighted by atomic mass is 19.1. The zero-order valence-electron chi connectivity index (χ0n) is 18.1. The molecule has 5 nitrogen and oxygen atoms in total. The first-order valence-corrected chi connectivity index (χ1v) is 10.0. The van der Waals surface area contributed by atoms with Crippen molar-refractivity contribution in [2.24, 2.45) is 11.1 Å². The molecule has 7 heteroatoms. The summed E-state index contributed by atoms with van der Waals surface area (Å²) in [5.74, 6) is -1.83. The molecule has 1 heterocycles. The lowest BCUT2D eigenvalue weighted by Gasteiger charge is -2.36. The summed E-state index contributed by atoms with van der Waals surface area (Å²) in [6.45, 7) is 3.32. The quantitative estimate of drug-likeness (QED) is 0.796. The summed E-state index contributed by atoms with van der Waals surface area (Å²) in [7, 11) is 3.21. The molecule has 0 spiro atoms. The zero-order valence-corrected chi connectivity index (χ0v) is 18.1. The summed E-state index contributed by atoms with van der Waals surface area (Å²) in [6, 6.07) is 10.9. The van der Waals surface area contributed by atoms with E-state index in [4.69, 9.17) is 5.73 Å². The van der Waals surface area contributed by atoms with E-state index in [1.54, 1.807) is 34.0 Å². The van der Waals surface area contributed by atoms with Crippen LogP contribution in [0.2, 0.25) is 0 Å². The van der Waals surface area contributed by atoms with Crippen LogP contribution in [-0.4, -0.2) is 48.3 Å². The second kappa shape index (κ2) is 8.59. The summed E-state index contributed by atoms with van der Waals surface area (Å²) < 4.78 is 28.2. The van der Waals surface area contributed by atoms with Crippen LogP contribution in [0.15, 0.2) is 54.6 Å². The maximum Gasteiger partial charge on any atom is 0.241 e. The monoisotopic (exact) mass is 427 g/mol. The van der Waals surface area contributed by atoms with Gasteiger partial charge in [-0.05, 0) is 43.2 Å². The van der Waals surface area contributed by atoms with Gasteiger partial charge in [-0.25, -0.2) is 8.78 Å². The van der Waals surface area contributed by atoms with Gasteiger partial charge in [0.05, 0.1) is 17.5 Å². The highest BCUT2D eigenvalue weighted by molar-refractivity contribution is 5.94. The SMILES string of the molecule is CN(C)C(=O)C(C)(C)[C@@H](N)C(=O)N1CC(c2cc(F)ccc2F)=C[C@H]1c1ccccc1. The molecule has 0 aromatic heterocycles. The number of nitrogens with zero attached hydrogens (tertiary/aromatic N) is 2. The fourth-order valence-electron chi connectivity index (χ4n) is 3.87. The van der Waals surface area contributed by atoms with Crippen molar-refractivity contribution in [2.45, 2.75) is 25.9 Å². The Labute approximate surface area is 181 Å². The van der Waals surface area contributed by atoms with Crippen LogP contribution in [0.5, 0.6) is 0 Å². The van der Waals surface area contributed by atoms with Gasteiger partial charge in [0.1, 0.15) is 11.6 Å².